The first-order valence-corrected chi connectivity index (χ1v) is 7.82. The van der Waals surface area contributed by atoms with Crippen LogP contribution in [0.3, 0.4) is 0 Å². The van der Waals surface area contributed by atoms with Gasteiger partial charge in [-0.1, -0.05) is 38.6 Å². The highest BCUT2D eigenvalue weighted by molar-refractivity contribution is 7.99. The number of benzene rings is 1. The Bertz CT molecular complexity index is 667. The molecule has 0 bridgehead atoms. The Hall–Kier alpha value is -1.56. The first-order valence-electron chi connectivity index (χ1n) is 6.83. The second kappa shape index (κ2) is 6.05. The molecule has 0 saturated heterocycles. The number of hydrogen-bond acceptors (Lipinski definition) is 3. The molecule has 0 fully saturated rings. The van der Waals surface area contributed by atoms with Crippen molar-refractivity contribution in [3.05, 3.63) is 24.0 Å². The average Bonchev–Trinajstić information content (AvgIpc) is 2.76. The molecule has 2 aromatic rings. The third kappa shape index (κ3) is 3.56. The normalized spacial score (nSPS) is 12.0. The summed E-state index contributed by atoms with van der Waals surface area (Å²) in [7, 11) is 0. The van der Waals surface area contributed by atoms with Gasteiger partial charge in [-0.2, -0.15) is 0 Å². The summed E-state index contributed by atoms with van der Waals surface area (Å²) >= 11 is 1.13. The minimum atomic E-state index is -0.908. The number of imidazole rings is 1. The highest BCUT2D eigenvalue weighted by Gasteiger charge is 2.22. The molecule has 4 nitrogen and oxygen atoms in total. The van der Waals surface area contributed by atoms with Gasteiger partial charge in [-0.05, 0) is 24.0 Å². The molecule has 0 saturated carbocycles. The van der Waals surface area contributed by atoms with Gasteiger partial charge in [0, 0.05) is 6.54 Å². The summed E-state index contributed by atoms with van der Waals surface area (Å²) in [4.78, 5) is 15.1. The number of thioether (sulfide) groups is 1. The van der Waals surface area contributed by atoms with Crippen LogP contribution in [0.1, 0.15) is 27.2 Å². The molecule has 0 aliphatic heterocycles. The van der Waals surface area contributed by atoms with E-state index in [1.807, 2.05) is 10.6 Å². The zero-order valence-corrected chi connectivity index (χ0v) is 13.2. The summed E-state index contributed by atoms with van der Waals surface area (Å²) in [5.74, 6) is -1.37. The summed E-state index contributed by atoms with van der Waals surface area (Å²) in [6.07, 6.45) is 0.963. The summed E-state index contributed by atoms with van der Waals surface area (Å²) in [5.41, 5.74) is 1.04. The molecule has 1 aromatic heterocycles. The van der Waals surface area contributed by atoms with Gasteiger partial charge in [0.2, 0.25) is 0 Å². The van der Waals surface area contributed by atoms with Gasteiger partial charge < -0.3 is 9.67 Å². The molecule has 0 aliphatic carbocycles. The van der Waals surface area contributed by atoms with Crippen molar-refractivity contribution >= 4 is 28.8 Å². The van der Waals surface area contributed by atoms with Crippen LogP contribution in [0.25, 0.3) is 11.0 Å². The number of halogens is 1. The zero-order chi connectivity index (χ0) is 15.6. The van der Waals surface area contributed by atoms with E-state index in [9.17, 15) is 9.18 Å². The molecule has 0 radical (unpaired) electrons. The van der Waals surface area contributed by atoms with E-state index >= 15 is 0 Å². The average molecular weight is 310 g/mol. The molecule has 0 unspecified atom stereocenters. The minimum Gasteiger partial charge on any atom is -0.481 e. The van der Waals surface area contributed by atoms with Gasteiger partial charge in [0.1, 0.15) is 5.52 Å². The number of aromatic nitrogens is 2. The van der Waals surface area contributed by atoms with Crippen molar-refractivity contribution in [3.8, 4) is 0 Å². The van der Waals surface area contributed by atoms with Crippen molar-refractivity contribution in [2.45, 2.75) is 38.9 Å². The molecular formula is C15H19FN2O2S. The molecule has 1 N–H and O–H groups in total. The van der Waals surface area contributed by atoms with E-state index < -0.39 is 5.97 Å². The van der Waals surface area contributed by atoms with Crippen molar-refractivity contribution in [2.24, 2.45) is 5.41 Å². The van der Waals surface area contributed by atoms with E-state index in [-0.39, 0.29) is 17.0 Å². The number of carboxylic acid groups (broad SMARTS) is 1. The molecule has 1 aromatic carbocycles. The standard InChI is InChI=1S/C15H19FN2O2S/c1-4-15(2,3)9-18-11-7-5-6-10(16)13(11)17-14(18)21-8-12(19)20/h5-7H,4,8-9H2,1-3H3,(H,19,20). The summed E-state index contributed by atoms with van der Waals surface area (Å²) in [6, 6.07) is 4.85. The monoisotopic (exact) mass is 310 g/mol. The van der Waals surface area contributed by atoms with Gasteiger partial charge in [-0.3, -0.25) is 4.79 Å². The van der Waals surface area contributed by atoms with E-state index in [0.717, 1.165) is 18.2 Å². The fourth-order valence-corrected chi connectivity index (χ4v) is 2.75. The van der Waals surface area contributed by atoms with Crippen LogP contribution >= 0.6 is 11.8 Å². The van der Waals surface area contributed by atoms with Gasteiger partial charge in [0.05, 0.1) is 11.3 Å². The number of carboxylic acids is 1. The molecule has 0 spiro atoms. The predicted molar refractivity (Wildman–Crippen MR) is 82.1 cm³/mol. The third-order valence-corrected chi connectivity index (χ3v) is 4.52. The number of para-hydroxylation sites is 1. The van der Waals surface area contributed by atoms with Crippen molar-refractivity contribution < 1.29 is 14.3 Å². The molecule has 6 heteroatoms. The first kappa shape index (κ1) is 15.8. The van der Waals surface area contributed by atoms with Gasteiger partial charge in [0.25, 0.3) is 0 Å². The van der Waals surface area contributed by atoms with E-state index in [1.54, 1.807) is 6.07 Å². The number of aliphatic carboxylic acids is 1. The molecular weight excluding hydrogens is 291 g/mol. The minimum absolute atomic E-state index is 0.0263. The van der Waals surface area contributed by atoms with Crippen LogP contribution < -0.4 is 0 Å². The Kier molecular flexibility index (Phi) is 4.56. The lowest BCUT2D eigenvalue weighted by Crippen LogP contribution is -2.19. The van der Waals surface area contributed by atoms with E-state index in [0.29, 0.717) is 22.7 Å². The van der Waals surface area contributed by atoms with Crippen LogP contribution in [-0.2, 0) is 11.3 Å². The summed E-state index contributed by atoms with van der Waals surface area (Å²) in [6.45, 7) is 7.03. The Labute approximate surface area is 127 Å². The first-order chi connectivity index (χ1) is 9.84. The number of carbonyl (C=O) groups is 1. The maximum atomic E-state index is 13.9. The van der Waals surface area contributed by atoms with Gasteiger partial charge in [0.15, 0.2) is 11.0 Å². The van der Waals surface area contributed by atoms with Gasteiger partial charge >= 0.3 is 5.97 Å². The molecule has 0 atom stereocenters. The maximum Gasteiger partial charge on any atom is 0.313 e. The van der Waals surface area contributed by atoms with Crippen molar-refractivity contribution in [1.82, 2.24) is 9.55 Å². The lowest BCUT2D eigenvalue weighted by molar-refractivity contribution is -0.133. The van der Waals surface area contributed by atoms with E-state index in [4.69, 9.17) is 5.11 Å². The second-order valence-corrected chi connectivity index (χ2v) is 6.73. The predicted octanol–water partition coefficient (Wildman–Crippen LogP) is 3.79. The maximum absolute atomic E-state index is 13.9. The lowest BCUT2D eigenvalue weighted by atomic mass is 9.90. The lowest BCUT2D eigenvalue weighted by Gasteiger charge is -2.24. The molecule has 1 heterocycles. The Morgan fingerprint density at radius 2 is 2.19 bits per heavy atom. The largest absolute Gasteiger partial charge is 0.481 e. The van der Waals surface area contributed by atoms with Crippen LogP contribution in [0.4, 0.5) is 4.39 Å². The Balaban J connectivity index is 2.49. The molecule has 0 amide bonds. The Morgan fingerprint density at radius 3 is 2.81 bits per heavy atom. The van der Waals surface area contributed by atoms with Crippen LogP contribution in [0.5, 0.6) is 0 Å². The van der Waals surface area contributed by atoms with Crippen LogP contribution in [0, 0.1) is 11.2 Å². The van der Waals surface area contributed by atoms with Crippen molar-refractivity contribution in [3.63, 3.8) is 0 Å². The summed E-state index contributed by atoms with van der Waals surface area (Å²) < 4.78 is 15.8. The fraction of sp³-hybridized carbons (Fsp3) is 0.467. The molecule has 2 rings (SSSR count). The molecule has 114 valence electrons. The topological polar surface area (TPSA) is 55.1 Å². The third-order valence-electron chi connectivity index (χ3n) is 3.56. The highest BCUT2D eigenvalue weighted by atomic mass is 32.2. The zero-order valence-electron chi connectivity index (χ0n) is 12.4. The number of nitrogens with zero attached hydrogens (tertiary/aromatic N) is 2. The molecule has 21 heavy (non-hydrogen) atoms. The van der Waals surface area contributed by atoms with Gasteiger partial charge in [-0.25, -0.2) is 9.37 Å². The van der Waals surface area contributed by atoms with E-state index in [2.05, 4.69) is 25.8 Å². The second-order valence-electron chi connectivity index (χ2n) is 5.79. The number of hydrogen-bond donors (Lipinski definition) is 1. The Morgan fingerprint density at radius 1 is 1.48 bits per heavy atom. The van der Waals surface area contributed by atoms with Gasteiger partial charge in [-0.15, -0.1) is 0 Å². The van der Waals surface area contributed by atoms with E-state index in [1.165, 1.54) is 6.07 Å². The van der Waals surface area contributed by atoms with Crippen LogP contribution in [0.15, 0.2) is 23.4 Å². The van der Waals surface area contributed by atoms with Crippen LogP contribution in [-0.4, -0.2) is 26.4 Å². The van der Waals surface area contributed by atoms with Crippen molar-refractivity contribution in [2.75, 3.05) is 5.75 Å². The van der Waals surface area contributed by atoms with Crippen LogP contribution in [0.2, 0.25) is 0 Å². The molecule has 0 aliphatic rings. The SMILES string of the molecule is CCC(C)(C)Cn1c(SCC(=O)O)nc2c(F)cccc21. The smallest absolute Gasteiger partial charge is 0.313 e. The number of rotatable bonds is 6. The summed E-state index contributed by atoms with van der Waals surface area (Å²) in [5, 5.41) is 9.40. The quantitative estimate of drug-likeness (QED) is 0.825. The number of fused-ring (bicyclic) bond motifs is 1. The van der Waals surface area contributed by atoms with Crippen molar-refractivity contribution in [1.29, 1.82) is 0 Å². The fourth-order valence-electron chi connectivity index (χ4n) is 2.02. The highest BCUT2D eigenvalue weighted by Crippen LogP contribution is 2.31.